The van der Waals surface area contributed by atoms with E-state index < -0.39 is 21.8 Å². The molecule has 23 heavy (non-hydrogen) atoms. The Morgan fingerprint density at radius 1 is 1.00 bits per heavy atom. The van der Waals surface area contributed by atoms with Gasteiger partial charge in [0, 0.05) is 5.92 Å². The van der Waals surface area contributed by atoms with Crippen molar-refractivity contribution < 1.29 is 13.2 Å². The minimum atomic E-state index is -3.93. The second-order valence-electron chi connectivity index (χ2n) is 5.60. The molecule has 122 valence electrons. The van der Waals surface area contributed by atoms with Crippen LogP contribution in [-0.4, -0.2) is 14.3 Å². The van der Waals surface area contributed by atoms with Crippen molar-refractivity contribution in [1.29, 1.82) is 0 Å². The second-order valence-corrected chi connectivity index (χ2v) is 7.38. The zero-order valence-corrected chi connectivity index (χ0v) is 14.4. The van der Waals surface area contributed by atoms with Gasteiger partial charge in [0.1, 0.15) is 0 Å². The van der Waals surface area contributed by atoms with Crippen molar-refractivity contribution in [3.05, 3.63) is 60.2 Å². The molecule has 0 N–H and O–H groups in total. The monoisotopic (exact) mass is 331 g/mol. The van der Waals surface area contributed by atoms with Crippen LogP contribution in [0.25, 0.3) is 0 Å². The van der Waals surface area contributed by atoms with Gasteiger partial charge in [0.2, 0.25) is 5.91 Å². The van der Waals surface area contributed by atoms with Crippen LogP contribution in [0, 0.1) is 5.92 Å². The minimum absolute atomic E-state index is 0.105. The number of aryl methyl sites for hydroxylation is 1. The number of hydrogen-bond acceptors (Lipinski definition) is 3. The molecule has 2 rings (SSSR count). The van der Waals surface area contributed by atoms with E-state index in [1.54, 1.807) is 44.2 Å². The molecule has 0 heterocycles. The molecule has 0 spiro atoms. The number of hydrogen-bond donors (Lipinski definition) is 0. The number of amides is 1. The molecule has 0 atom stereocenters. The van der Waals surface area contributed by atoms with E-state index in [0.29, 0.717) is 5.69 Å². The van der Waals surface area contributed by atoms with Crippen molar-refractivity contribution in [3.8, 4) is 0 Å². The van der Waals surface area contributed by atoms with Crippen LogP contribution >= 0.6 is 0 Å². The van der Waals surface area contributed by atoms with Crippen LogP contribution in [0.5, 0.6) is 0 Å². The van der Waals surface area contributed by atoms with Crippen molar-refractivity contribution in [2.24, 2.45) is 5.92 Å². The molecule has 0 saturated heterocycles. The lowest BCUT2D eigenvalue weighted by molar-refractivity contribution is -0.120. The van der Waals surface area contributed by atoms with E-state index in [0.717, 1.165) is 16.3 Å². The van der Waals surface area contributed by atoms with E-state index in [9.17, 15) is 13.2 Å². The molecule has 2 aromatic rings. The zero-order chi connectivity index (χ0) is 17.0. The van der Waals surface area contributed by atoms with Gasteiger partial charge in [-0.2, -0.15) is 0 Å². The lowest BCUT2D eigenvalue weighted by Crippen LogP contribution is -2.39. The molecule has 0 aliphatic carbocycles. The van der Waals surface area contributed by atoms with Crippen molar-refractivity contribution in [3.63, 3.8) is 0 Å². The molecule has 0 bridgehead atoms. The fourth-order valence-electron chi connectivity index (χ4n) is 2.18. The lowest BCUT2D eigenvalue weighted by atomic mass is 10.1. The number of carbonyl (C=O) groups is 1. The number of anilines is 1. The van der Waals surface area contributed by atoms with E-state index in [4.69, 9.17) is 0 Å². The summed E-state index contributed by atoms with van der Waals surface area (Å²) in [6.07, 6.45) is 0.851. The van der Waals surface area contributed by atoms with Gasteiger partial charge in [-0.25, -0.2) is 12.7 Å². The second kappa shape index (κ2) is 6.96. The van der Waals surface area contributed by atoms with Gasteiger partial charge < -0.3 is 0 Å². The van der Waals surface area contributed by atoms with E-state index in [-0.39, 0.29) is 4.90 Å². The number of rotatable bonds is 5. The van der Waals surface area contributed by atoms with E-state index in [1.165, 1.54) is 12.1 Å². The fraction of sp³-hybridized carbons (Fsp3) is 0.278. The first-order valence-corrected chi connectivity index (χ1v) is 9.05. The van der Waals surface area contributed by atoms with Crippen molar-refractivity contribution in [2.75, 3.05) is 4.31 Å². The highest BCUT2D eigenvalue weighted by Crippen LogP contribution is 2.26. The topological polar surface area (TPSA) is 54.5 Å². The summed E-state index contributed by atoms with van der Waals surface area (Å²) < 4.78 is 26.8. The molecule has 0 aliphatic heterocycles. The third-order valence-corrected chi connectivity index (χ3v) is 5.29. The number of nitrogens with zero attached hydrogens (tertiary/aromatic N) is 1. The van der Waals surface area contributed by atoms with E-state index in [2.05, 4.69) is 0 Å². The Bertz CT molecular complexity index is 766. The summed E-state index contributed by atoms with van der Waals surface area (Å²) in [6.45, 7) is 5.40. The fourth-order valence-corrected chi connectivity index (χ4v) is 3.74. The maximum atomic E-state index is 12.9. The number of benzene rings is 2. The molecule has 4 nitrogen and oxygen atoms in total. The van der Waals surface area contributed by atoms with Gasteiger partial charge in [0.25, 0.3) is 10.0 Å². The molecule has 5 heteroatoms. The average Bonchev–Trinajstić information content (AvgIpc) is 2.56. The zero-order valence-electron chi connectivity index (χ0n) is 13.6. The van der Waals surface area contributed by atoms with E-state index in [1.807, 2.05) is 19.1 Å². The lowest BCUT2D eigenvalue weighted by Gasteiger charge is -2.24. The molecule has 0 fully saturated rings. The normalized spacial score (nSPS) is 11.5. The Labute approximate surface area is 137 Å². The molecule has 0 aliphatic rings. The maximum absolute atomic E-state index is 12.9. The summed E-state index contributed by atoms with van der Waals surface area (Å²) in [5.74, 6) is -0.877. The Balaban J connectivity index is 2.56. The molecule has 0 saturated carbocycles. The number of carbonyl (C=O) groups excluding carboxylic acids is 1. The predicted octanol–water partition coefficient (Wildman–Crippen LogP) is 3.63. The number of sulfonamides is 1. The summed E-state index contributed by atoms with van der Waals surface area (Å²) in [5, 5.41) is 0. The van der Waals surface area contributed by atoms with Gasteiger partial charge in [-0.1, -0.05) is 51.1 Å². The van der Waals surface area contributed by atoms with Crippen LogP contribution in [0.1, 0.15) is 26.3 Å². The molecule has 0 radical (unpaired) electrons. The van der Waals surface area contributed by atoms with Gasteiger partial charge in [-0.05, 0) is 36.2 Å². The van der Waals surface area contributed by atoms with Gasteiger partial charge in [0.05, 0.1) is 10.6 Å². The van der Waals surface area contributed by atoms with Crippen LogP contribution in [0.4, 0.5) is 5.69 Å². The first kappa shape index (κ1) is 17.2. The van der Waals surface area contributed by atoms with Gasteiger partial charge in [-0.3, -0.25) is 4.79 Å². The maximum Gasteiger partial charge on any atom is 0.270 e. The highest BCUT2D eigenvalue weighted by atomic mass is 32.2. The molecule has 1 amide bonds. The average molecular weight is 331 g/mol. The molecule has 0 unspecified atom stereocenters. The SMILES string of the molecule is CCc1ccc(N(C(=O)C(C)C)S(=O)(=O)c2ccccc2)cc1. The third-order valence-electron chi connectivity index (χ3n) is 3.55. The van der Waals surface area contributed by atoms with E-state index >= 15 is 0 Å². The minimum Gasteiger partial charge on any atom is -0.273 e. The van der Waals surface area contributed by atoms with Gasteiger partial charge in [0.15, 0.2) is 0 Å². The Hall–Kier alpha value is -2.14. The Kier molecular flexibility index (Phi) is 5.21. The van der Waals surface area contributed by atoms with Crippen LogP contribution in [0.15, 0.2) is 59.5 Å². The Morgan fingerprint density at radius 2 is 1.57 bits per heavy atom. The first-order chi connectivity index (χ1) is 10.9. The summed E-state index contributed by atoms with van der Waals surface area (Å²) in [7, 11) is -3.93. The summed E-state index contributed by atoms with van der Waals surface area (Å²) in [4.78, 5) is 12.7. The van der Waals surface area contributed by atoms with Crippen LogP contribution in [0.2, 0.25) is 0 Å². The van der Waals surface area contributed by atoms with Crippen molar-refractivity contribution in [1.82, 2.24) is 0 Å². The third kappa shape index (κ3) is 3.62. The largest absolute Gasteiger partial charge is 0.273 e. The summed E-state index contributed by atoms with van der Waals surface area (Å²) in [5.41, 5.74) is 1.45. The molecular weight excluding hydrogens is 310 g/mol. The van der Waals surface area contributed by atoms with Gasteiger partial charge in [-0.15, -0.1) is 0 Å². The molecule has 0 aromatic heterocycles. The Morgan fingerprint density at radius 3 is 2.04 bits per heavy atom. The highest BCUT2D eigenvalue weighted by molar-refractivity contribution is 7.93. The van der Waals surface area contributed by atoms with Crippen LogP contribution in [0.3, 0.4) is 0 Å². The standard InChI is InChI=1S/C18H21NO3S/c1-4-15-10-12-16(13-11-15)19(18(20)14(2)3)23(21,22)17-8-6-5-7-9-17/h5-14H,4H2,1-3H3. The summed E-state index contributed by atoms with van der Waals surface area (Å²) >= 11 is 0. The van der Waals surface area contributed by atoms with Crippen molar-refractivity contribution >= 4 is 21.6 Å². The summed E-state index contributed by atoms with van der Waals surface area (Å²) in [6, 6.07) is 15.1. The first-order valence-electron chi connectivity index (χ1n) is 7.61. The quantitative estimate of drug-likeness (QED) is 0.841. The smallest absolute Gasteiger partial charge is 0.270 e. The van der Waals surface area contributed by atoms with Crippen LogP contribution < -0.4 is 4.31 Å². The highest BCUT2D eigenvalue weighted by Gasteiger charge is 2.32. The van der Waals surface area contributed by atoms with Gasteiger partial charge >= 0.3 is 0 Å². The van der Waals surface area contributed by atoms with Crippen LogP contribution in [-0.2, 0) is 21.2 Å². The van der Waals surface area contributed by atoms with Crippen molar-refractivity contribution in [2.45, 2.75) is 32.1 Å². The molecule has 2 aromatic carbocycles. The molecular formula is C18H21NO3S. The predicted molar refractivity (Wildman–Crippen MR) is 91.8 cm³/mol.